The van der Waals surface area contributed by atoms with Crippen molar-refractivity contribution in [2.45, 2.75) is 23.7 Å². The van der Waals surface area contributed by atoms with Gasteiger partial charge < -0.3 is 4.42 Å². The maximum Gasteiger partial charge on any atom is 0.417 e. The van der Waals surface area contributed by atoms with Crippen molar-refractivity contribution >= 4 is 32.5 Å². The lowest BCUT2D eigenvalue weighted by Crippen LogP contribution is -2.37. The van der Waals surface area contributed by atoms with Crippen LogP contribution in [0.1, 0.15) is 23.8 Å². The normalized spacial score (nSPS) is 17.5. The molecule has 1 N–H and O–H groups in total. The van der Waals surface area contributed by atoms with Crippen LogP contribution in [-0.2, 0) is 10.0 Å². The van der Waals surface area contributed by atoms with E-state index in [1.165, 1.54) is 16.4 Å². The Balaban J connectivity index is 1.57. The summed E-state index contributed by atoms with van der Waals surface area (Å²) >= 11 is 1.61. The number of piperidine rings is 1. The number of H-pyrrole nitrogens is 1. The molecule has 9 heteroatoms. The van der Waals surface area contributed by atoms with Crippen LogP contribution in [0.15, 0.2) is 43.9 Å². The van der Waals surface area contributed by atoms with E-state index < -0.39 is 15.8 Å². The molecule has 0 aliphatic carbocycles. The average molecular weight is 365 g/mol. The van der Waals surface area contributed by atoms with Crippen LogP contribution in [0.25, 0.3) is 11.1 Å². The molecule has 24 heavy (non-hydrogen) atoms. The summed E-state index contributed by atoms with van der Waals surface area (Å²) in [4.78, 5) is 18.2. The molecule has 126 valence electrons. The zero-order valence-corrected chi connectivity index (χ0v) is 14.3. The van der Waals surface area contributed by atoms with E-state index in [1.54, 1.807) is 23.6 Å². The summed E-state index contributed by atoms with van der Waals surface area (Å²) in [6.07, 6.45) is 3.30. The van der Waals surface area contributed by atoms with E-state index >= 15 is 0 Å². The van der Waals surface area contributed by atoms with Gasteiger partial charge >= 0.3 is 5.76 Å². The minimum absolute atomic E-state index is 0.144. The van der Waals surface area contributed by atoms with Gasteiger partial charge in [-0.2, -0.15) is 4.31 Å². The SMILES string of the molecule is O=c1[nH]c2ccc(S(=O)(=O)N3CCC(c4nccs4)CC3)cc2o1. The van der Waals surface area contributed by atoms with Crippen molar-refractivity contribution in [3.8, 4) is 0 Å². The fourth-order valence-corrected chi connectivity index (χ4v) is 5.31. The third-order valence-corrected chi connectivity index (χ3v) is 7.12. The standard InChI is InChI=1S/C15H15N3O4S2/c19-15-17-12-2-1-11(9-13(12)22-15)24(20,21)18-6-3-10(4-7-18)14-16-5-8-23-14/h1-2,5,8-10H,3-4,6-7H2,(H,17,19). The Labute approximate surface area is 142 Å². The highest BCUT2D eigenvalue weighted by Gasteiger charge is 2.31. The van der Waals surface area contributed by atoms with Crippen LogP contribution >= 0.6 is 11.3 Å². The molecule has 0 unspecified atom stereocenters. The van der Waals surface area contributed by atoms with Crippen LogP contribution in [0.4, 0.5) is 0 Å². The van der Waals surface area contributed by atoms with E-state index in [2.05, 4.69) is 9.97 Å². The smallest absolute Gasteiger partial charge is 0.408 e. The van der Waals surface area contributed by atoms with Gasteiger partial charge in [-0.3, -0.25) is 4.98 Å². The lowest BCUT2D eigenvalue weighted by atomic mass is 9.99. The Kier molecular flexibility index (Phi) is 3.78. The second-order valence-corrected chi connectivity index (χ2v) is 8.59. The zero-order chi connectivity index (χ0) is 16.7. The molecule has 0 spiro atoms. The molecule has 2 aromatic heterocycles. The van der Waals surface area contributed by atoms with E-state index in [-0.39, 0.29) is 10.5 Å². The fraction of sp³-hybridized carbons (Fsp3) is 0.333. The first kappa shape index (κ1) is 15.6. The molecule has 3 heterocycles. The largest absolute Gasteiger partial charge is 0.417 e. The topological polar surface area (TPSA) is 96.3 Å². The van der Waals surface area contributed by atoms with E-state index in [9.17, 15) is 13.2 Å². The number of fused-ring (bicyclic) bond motifs is 1. The first-order valence-corrected chi connectivity index (χ1v) is 9.88. The van der Waals surface area contributed by atoms with Crippen LogP contribution in [-0.4, -0.2) is 35.8 Å². The fourth-order valence-electron chi connectivity index (χ4n) is 3.01. The number of thiazole rings is 1. The molecule has 0 saturated carbocycles. The molecular formula is C15H15N3O4S2. The van der Waals surface area contributed by atoms with Crippen LogP contribution in [0, 0.1) is 0 Å². The van der Waals surface area contributed by atoms with Gasteiger partial charge in [-0.05, 0) is 25.0 Å². The van der Waals surface area contributed by atoms with Crippen molar-refractivity contribution in [3.05, 3.63) is 45.3 Å². The van der Waals surface area contributed by atoms with E-state index in [0.717, 1.165) is 17.8 Å². The van der Waals surface area contributed by atoms with Crippen molar-refractivity contribution < 1.29 is 12.8 Å². The van der Waals surface area contributed by atoms with Crippen molar-refractivity contribution in [3.63, 3.8) is 0 Å². The lowest BCUT2D eigenvalue weighted by Gasteiger charge is -2.30. The Bertz CT molecular complexity index is 1010. The van der Waals surface area contributed by atoms with Gasteiger partial charge in [-0.1, -0.05) is 0 Å². The van der Waals surface area contributed by atoms with Gasteiger partial charge in [0.25, 0.3) is 0 Å². The molecule has 1 fully saturated rings. The minimum atomic E-state index is -3.60. The number of sulfonamides is 1. The number of rotatable bonds is 3. The van der Waals surface area contributed by atoms with Crippen LogP contribution in [0.5, 0.6) is 0 Å². The second kappa shape index (κ2) is 5.83. The molecule has 4 rings (SSSR count). The van der Waals surface area contributed by atoms with Gasteiger partial charge in [0.2, 0.25) is 10.0 Å². The zero-order valence-electron chi connectivity index (χ0n) is 12.6. The highest BCUT2D eigenvalue weighted by Crippen LogP contribution is 2.32. The molecular weight excluding hydrogens is 350 g/mol. The molecule has 7 nitrogen and oxygen atoms in total. The molecule has 1 saturated heterocycles. The summed E-state index contributed by atoms with van der Waals surface area (Å²) in [5.41, 5.74) is 0.736. The van der Waals surface area contributed by atoms with Crippen LogP contribution in [0.2, 0.25) is 0 Å². The number of hydrogen-bond acceptors (Lipinski definition) is 6. The molecule has 0 bridgehead atoms. The van der Waals surface area contributed by atoms with Crippen molar-refractivity contribution in [1.29, 1.82) is 0 Å². The Morgan fingerprint density at radius 2 is 2.08 bits per heavy atom. The molecule has 0 radical (unpaired) electrons. The number of nitrogens with one attached hydrogen (secondary N) is 1. The maximum absolute atomic E-state index is 12.8. The highest BCUT2D eigenvalue weighted by molar-refractivity contribution is 7.89. The molecule has 1 aromatic carbocycles. The number of aromatic amines is 1. The summed E-state index contributed by atoms with van der Waals surface area (Å²) in [5, 5.41) is 3.01. The van der Waals surface area contributed by atoms with Crippen LogP contribution in [0.3, 0.4) is 0 Å². The third kappa shape index (κ3) is 2.68. The molecule has 1 aliphatic heterocycles. The monoisotopic (exact) mass is 365 g/mol. The quantitative estimate of drug-likeness (QED) is 0.767. The Morgan fingerprint density at radius 1 is 1.29 bits per heavy atom. The predicted octanol–water partition coefficient (Wildman–Crippen LogP) is 2.15. The Hall–Kier alpha value is -1.97. The van der Waals surface area contributed by atoms with E-state index in [1.807, 2.05) is 5.38 Å². The number of aromatic nitrogens is 2. The molecule has 1 aliphatic rings. The van der Waals surface area contributed by atoms with Gasteiger partial charge in [-0.25, -0.2) is 18.2 Å². The van der Waals surface area contributed by atoms with Gasteiger partial charge in [-0.15, -0.1) is 11.3 Å². The van der Waals surface area contributed by atoms with Gasteiger partial charge in [0.15, 0.2) is 5.58 Å². The minimum Gasteiger partial charge on any atom is -0.408 e. The van der Waals surface area contributed by atoms with Crippen LogP contribution < -0.4 is 5.76 Å². The second-order valence-electron chi connectivity index (χ2n) is 5.72. The molecule has 0 atom stereocenters. The molecule has 3 aromatic rings. The van der Waals surface area contributed by atoms with Gasteiger partial charge in [0.1, 0.15) is 0 Å². The summed E-state index contributed by atoms with van der Waals surface area (Å²) in [5.74, 6) is -0.273. The summed E-state index contributed by atoms with van der Waals surface area (Å²) in [7, 11) is -3.60. The van der Waals surface area contributed by atoms with E-state index in [4.69, 9.17) is 4.42 Å². The summed E-state index contributed by atoms with van der Waals surface area (Å²) < 4.78 is 32.1. The number of nitrogens with zero attached hydrogens (tertiary/aromatic N) is 2. The first-order chi connectivity index (χ1) is 11.5. The van der Waals surface area contributed by atoms with E-state index in [0.29, 0.717) is 24.5 Å². The highest BCUT2D eigenvalue weighted by atomic mass is 32.2. The van der Waals surface area contributed by atoms with Crippen molar-refractivity contribution in [1.82, 2.24) is 14.3 Å². The van der Waals surface area contributed by atoms with Gasteiger partial charge in [0.05, 0.1) is 15.4 Å². The summed E-state index contributed by atoms with van der Waals surface area (Å²) in [6, 6.07) is 4.45. The maximum atomic E-state index is 12.8. The molecule has 0 amide bonds. The predicted molar refractivity (Wildman–Crippen MR) is 89.7 cm³/mol. The summed E-state index contributed by atoms with van der Waals surface area (Å²) in [6.45, 7) is 0.920. The number of oxazole rings is 1. The number of benzene rings is 1. The Morgan fingerprint density at radius 3 is 2.79 bits per heavy atom. The lowest BCUT2D eigenvalue weighted by molar-refractivity contribution is 0.319. The third-order valence-electron chi connectivity index (χ3n) is 4.28. The van der Waals surface area contributed by atoms with Crippen molar-refractivity contribution in [2.75, 3.05) is 13.1 Å². The van der Waals surface area contributed by atoms with Gasteiger partial charge in [0, 0.05) is 36.7 Å². The first-order valence-electron chi connectivity index (χ1n) is 7.56. The number of hydrogen-bond donors (Lipinski definition) is 1. The van der Waals surface area contributed by atoms with Crippen molar-refractivity contribution in [2.24, 2.45) is 0 Å². The average Bonchev–Trinajstić information content (AvgIpc) is 3.22.